The highest BCUT2D eigenvalue weighted by Gasteiger charge is 2.39. The molecule has 3 unspecified atom stereocenters. The average Bonchev–Trinajstić information content (AvgIpc) is 3.73. The summed E-state index contributed by atoms with van der Waals surface area (Å²) >= 11 is 0. The number of carbonyl (C=O) groups is 1. The Morgan fingerprint density at radius 3 is 2.50 bits per heavy atom. The molecule has 0 N–H and O–H groups in total. The third-order valence-electron chi connectivity index (χ3n) is 6.64. The summed E-state index contributed by atoms with van der Waals surface area (Å²) in [6.07, 6.45) is 2.79. The number of aromatic nitrogens is 5. The molecule has 0 aliphatic heterocycles. The topological polar surface area (TPSA) is 76.8 Å². The molecule has 2 fully saturated rings. The fraction of sp³-hybridized carbons (Fsp3) is 0.458. The van der Waals surface area contributed by atoms with Crippen molar-refractivity contribution in [2.45, 2.75) is 51.2 Å². The van der Waals surface area contributed by atoms with Crippen LogP contribution in [-0.2, 0) is 6.18 Å². The Morgan fingerprint density at radius 1 is 1.18 bits per heavy atom. The van der Waals surface area contributed by atoms with E-state index in [9.17, 15) is 18.0 Å². The van der Waals surface area contributed by atoms with E-state index in [1.54, 1.807) is 36.4 Å². The fourth-order valence-corrected chi connectivity index (χ4v) is 4.33. The van der Waals surface area contributed by atoms with Crippen molar-refractivity contribution < 1.29 is 18.0 Å². The summed E-state index contributed by atoms with van der Waals surface area (Å²) in [5, 5.41) is 4.21. The molecule has 0 spiro atoms. The zero-order valence-electron chi connectivity index (χ0n) is 18.9. The molecule has 5 rings (SSSR count). The molecule has 3 atom stereocenters. The quantitative estimate of drug-likeness (QED) is 0.495. The molecule has 1 amide bonds. The van der Waals surface area contributed by atoms with Gasteiger partial charge in [0.25, 0.3) is 11.9 Å². The van der Waals surface area contributed by atoms with E-state index in [0.717, 1.165) is 25.3 Å². The molecule has 2 aromatic heterocycles. The third-order valence-corrected chi connectivity index (χ3v) is 6.64. The predicted molar refractivity (Wildman–Crippen MR) is 117 cm³/mol. The van der Waals surface area contributed by atoms with Gasteiger partial charge in [-0.1, -0.05) is 6.92 Å². The number of hydrogen-bond donors (Lipinski definition) is 0. The van der Waals surface area contributed by atoms with Crippen LogP contribution in [0.3, 0.4) is 0 Å². The SMILES string of the molecule is CC1CC1c1cc(C(=O)N(CC2CC2)C(C)c2ncnn2-c2ncccn2)cc(C(F)(F)F)c1. The van der Waals surface area contributed by atoms with Gasteiger partial charge in [-0.25, -0.2) is 15.0 Å². The first-order valence-electron chi connectivity index (χ1n) is 11.4. The van der Waals surface area contributed by atoms with Gasteiger partial charge in [-0.15, -0.1) is 0 Å². The van der Waals surface area contributed by atoms with Crippen LogP contribution >= 0.6 is 0 Å². The summed E-state index contributed by atoms with van der Waals surface area (Å²) < 4.78 is 42.5. The van der Waals surface area contributed by atoms with Gasteiger partial charge < -0.3 is 4.90 Å². The first-order chi connectivity index (χ1) is 16.2. The first kappa shape index (κ1) is 22.5. The van der Waals surface area contributed by atoms with E-state index in [1.807, 2.05) is 6.92 Å². The fourth-order valence-electron chi connectivity index (χ4n) is 4.33. The summed E-state index contributed by atoms with van der Waals surface area (Å²) in [7, 11) is 0. The predicted octanol–water partition coefficient (Wildman–Crippen LogP) is 4.81. The number of halogens is 3. The third kappa shape index (κ3) is 4.53. The minimum Gasteiger partial charge on any atom is -0.328 e. The van der Waals surface area contributed by atoms with Gasteiger partial charge in [-0.05, 0) is 73.8 Å². The average molecular weight is 470 g/mol. The summed E-state index contributed by atoms with van der Waals surface area (Å²) in [5.41, 5.74) is -0.156. The van der Waals surface area contributed by atoms with Crippen molar-refractivity contribution in [3.05, 3.63) is 65.5 Å². The van der Waals surface area contributed by atoms with Crippen LogP contribution in [0.4, 0.5) is 13.2 Å². The second-order valence-electron chi connectivity index (χ2n) is 9.32. The molecule has 1 aromatic carbocycles. The van der Waals surface area contributed by atoms with Crippen LogP contribution in [0, 0.1) is 11.8 Å². The van der Waals surface area contributed by atoms with Crippen LogP contribution in [-0.4, -0.2) is 42.1 Å². The largest absolute Gasteiger partial charge is 0.416 e. The molecule has 0 saturated heterocycles. The Hall–Kier alpha value is -3.30. The van der Waals surface area contributed by atoms with Crippen molar-refractivity contribution in [1.82, 2.24) is 29.6 Å². The minimum atomic E-state index is -4.53. The number of amides is 1. The van der Waals surface area contributed by atoms with Crippen molar-refractivity contribution in [2.75, 3.05) is 6.54 Å². The molecule has 7 nitrogen and oxygen atoms in total. The van der Waals surface area contributed by atoms with E-state index in [1.165, 1.54) is 17.1 Å². The molecule has 3 aromatic rings. The maximum absolute atomic E-state index is 13.7. The number of rotatable bonds is 7. The highest BCUT2D eigenvalue weighted by molar-refractivity contribution is 5.95. The van der Waals surface area contributed by atoms with Crippen LogP contribution < -0.4 is 0 Å². The summed E-state index contributed by atoms with van der Waals surface area (Å²) in [4.78, 5) is 28.1. The Labute approximate surface area is 195 Å². The van der Waals surface area contributed by atoms with Gasteiger partial charge in [0.05, 0.1) is 11.6 Å². The van der Waals surface area contributed by atoms with E-state index < -0.39 is 23.7 Å². The highest BCUT2D eigenvalue weighted by Crippen LogP contribution is 2.48. The number of alkyl halides is 3. The van der Waals surface area contributed by atoms with Crippen molar-refractivity contribution in [3.8, 4) is 5.95 Å². The number of nitrogens with zero attached hydrogens (tertiary/aromatic N) is 6. The highest BCUT2D eigenvalue weighted by atomic mass is 19.4. The molecule has 34 heavy (non-hydrogen) atoms. The zero-order valence-corrected chi connectivity index (χ0v) is 18.9. The Morgan fingerprint density at radius 2 is 1.88 bits per heavy atom. The van der Waals surface area contributed by atoms with Crippen molar-refractivity contribution in [3.63, 3.8) is 0 Å². The van der Waals surface area contributed by atoms with Crippen molar-refractivity contribution >= 4 is 5.91 Å². The lowest BCUT2D eigenvalue weighted by Crippen LogP contribution is -2.37. The maximum atomic E-state index is 13.7. The number of carbonyl (C=O) groups excluding carboxylic acids is 1. The van der Waals surface area contributed by atoms with Gasteiger partial charge in [-0.3, -0.25) is 4.79 Å². The Bertz CT molecular complexity index is 1190. The molecule has 178 valence electrons. The van der Waals surface area contributed by atoms with E-state index in [-0.39, 0.29) is 11.5 Å². The monoisotopic (exact) mass is 470 g/mol. The molecular formula is C24H25F3N6O. The van der Waals surface area contributed by atoms with Gasteiger partial charge in [0.1, 0.15) is 6.33 Å². The van der Waals surface area contributed by atoms with Gasteiger partial charge >= 0.3 is 6.18 Å². The number of benzene rings is 1. The van der Waals surface area contributed by atoms with Crippen LogP contribution in [0.25, 0.3) is 5.95 Å². The second kappa shape index (κ2) is 8.48. The van der Waals surface area contributed by atoms with Crippen LogP contribution in [0.5, 0.6) is 0 Å². The minimum absolute atomic E-state index is 0.0541. The Kier molecular flexibility index (Phi) is 5.61. The van der Waals surface area contributed by atoms with Crippen molar-refractivity contribution in [2.24, 2.45) is 11.8 Å². The van der Waals surface area contributed by atoms with E-state index >= 15 is 0 Å². The molecule has 10 heteroatoms. The van der Waals surface area contributed by atoms with Crippen LogP contribution in [0.15, 0.2) is 43.0 Å². The molecule has 2 aliphatic rings. The summed E-state index contributed by atoms with van der Waals surface area (Å²) in [6, 6.07) is 4.92. The molecule has 2 aliphatic carbocycles. The van der Waals surface area contributed by atoms with Crippen molar-refractivity contribution in [1.29, 1.82) is 0 Å². The molecule has 2 saturated carbocycles. The molecule has 2 heterocycles. The van der Waals surface area contributed by atoms with E-state index in [0.29, 0.717) is 35.7 Å². The smallest absolute Gasteiger partial charge is 0.328 e. The maximum Gasteiger partial charge on any atom is 0.416 e. The van der Waals surface area contributed by atoms with Crippen LogP contribution in [0.1, 0.15) is 72.4 Å². The Balaban J connectivity index is 1.51. The van der Waals surface area contributed by atoms with Gasteiger partial charge in [-0.2, -0.15) is 23.0 Å². The molecular weight excluding hydrogens is 445 g/mol. The summed E-state index contributed by atoms with van der Waals surface area (Å²) in [6.45, 7) is 4.25. The molecule has 0 radical (unpaired) electrons. The van der Waals surface area contributed by atoms with Crippen LogP contribution in [0.2, 0.25) is 0 Å². The zero-order chi connectivity index (χ0) is 24.0. The number of hydrogen-bond acceptors (Lipinski definition) is 5. The van der Waals surface area contributed by atoms with Gasteiger partial charge in [0, 0.05) is 24.5 Å². The standard InChI is InChI=1S/C24H25F3N6O/c1-14-8-20(14)17-9-18(11-19(10-17)24(25,26)27)22(34)32(12-16-4-5-16)15(2)21-30-13-31-33(21)23-28-6-3-7-29-23/h3,6-7,9-11,13-16,20H,4-5,8,12H2,1-2H3. The normalized spacial score (nSPS) is 20.7. The van der Waals surface area contributed by atoms with Gasteiger partial charge in [0.15, 0.2) is 5.82 Å². The first-order valence-corrected chi connectivity index (χ1v) is 11.4. The van der Waals surface area contributed by atoms with E-state index in [4.69, 9.17) is 0 Å². The lowest BCUT2D eigenvalue weighted by Gasteiger charge is -2.29. The van der Waals surface area contributed by atoms with Gasteiger partial charge in [0.2, 0.25) is 0 Å². The lowest BCUT2D eigenvalue weighted by molar-refractivity contribution is -0.137. The van der Waals surface area contributed by atoms with E-state index in [2.05, 4.69) is 20.1 Å². The lowest BCUT2D eigenvalue weighted by atomic mass is 10.00. The second-order valence-corrected chi connectivity index (χ2v) is 9.32. The molecule has 0 bridgehead atoms. The summed E-state index contributed by atoms with van der Waals surface area (Å²) in [5.74, 6) is 1.01.